The summed E-state index contributed by atoms with van der Waals surface area (Å²) in [5, 5.41) is 10.4. The van der Waals surface area contributed by atoms with Crippen molar-refractivity contribution in [3.05, 3.63) is 57.8 Å². The molecule has 1 atom stereocenters. The van der Waals surface area contributed by atoms with Crippen molar-refractivity contribution in [2.24, 2.45) is 0 Å². The molecule has 1 N–H and O–H groups in total. The zero-order valence-electron chi connectivity index (χ0n) is 11.8. The van der Waals surface area contributed by atoms with Crippen LogP contribution in [0.15, 0.2) is 40.9 Å². The standard InChI is InChI=1S/C16H16BrFO3/c1-20-14-8-7-12(16(21-2)15(14)17)13(19)9-10-3-5-11(18)6-4-10/h3-8,13,19H,9H2,1-2H3. The summed E-state index contributed by atoms with van der Waals surface area (Å²) >= 11 is 3.41. The first kappa shape index (κ1) is 15.8. The number of benzene rings is 2. The lowest BCUT2D eigenvalue weighted by molar-refractivity contribution is 0.173. The average molecular weight is 355 g/mol. The molecule has 0 heterocycles. The van der Waals surface area contributed by atoms with E-state index in [1.165, 1.54) is 19.2 Å². The van der Waals surface area contributed by atoms with Gasteiger partial charge in [0.25, 0.3) is 0 Å². The Hall–Kier alpha value is -1.59. The SMILES string of the molecule is COc1ccc(C(O)Cc2ccc(F)cc2)c(OC)c1Br. The average Bonchev–Trinajstić information content (AvgIpc) is 2.49. The fourth-order valence-electron chi connectivity index (χ4n) is 2.13. The molecule has 21 heavy (non-hydrogen) atoms. The third-order valence-electron chi connectivity index (χ3n) is 3.22. The maximum absolute atomic E-state index is 12.9. The second-order valence-electron chi connectivity index (χ2n) is 4.55. The molecule has 0 fully saturated rings. The van der Waals surface area contributed by atoms with Crippen LogP contribution < -0.4 is 9.47 Å². The predicted molar refractivity (Wildman–Crippen MR) is 82.3 cm³/mol. The van der Waals surface area contributed by atoms with E-state index < -0.39 is 6.10 Å². The van der Waals surface area contributed by atoms with Crippen molar-refractivity contribution in [2.45, 2.75) is 12.5 Å². The van der Waals surface area contributed by atoms with Crippen molar-refractivity contribution in [3.63, 3.8) is 0 Å². The number of aliphatic hydroxyl groups excluding tert-OH is 1. The molecule has 5 heteroatoms. The van der Waals surface area contributed by atoms with Crippen LogP contribution in [0, 0.1) is 5.82 Å². The van der Waals surface area contributed by atoms with Gasteiger partial charge in [-0.25, -0.2) is 4.39 Å². The highest BCUT2D eigenvalue weighted by molar-refractivity contribution is 9.10. The Morgan fingerprint density at radius 1 is 1.10 bits per heavy atom. The molecule has 0 aliphatic heterocycles. The lowest BCUT2D eigenvalue weighted by Crippen LogP contribution is -2.05. The highest BCUT2D eigenvalue weighted by Gasteiger charge is 2.19. The predicted octanol–water partition coefficient (Wildman–Crippen LogP) is 3.88. The fourth-order valence-corrected chi connectivity index (χ4v) is 2.82. The van der Waals surface area contributed by atoms with Crippen LogP contribution in [0.4, 0.5) is 4.39 Å². The summed E-state index contributed by atoms with van der Waals surface area (Å²) in [4.78, 5) is 0. The maximum atomic E-state index is 12.9. The van der Waals surface area contributed by atoms with Crippen LogP contribution in [0.5, 0.6) is 11.5 Å². The Labute approximate surface area is 131 Å². The molecule has 0 spiro atoms. The summed E-state index contributed by atoms with van der Waals surface area (Å²) in [6, 6.07) is 9.59. The van der Waals surface area contributed by atoms with Crippen LogP contribution >= 0.6 is 15.9 Å². The van der Waals surface area contributed by atoms with Crippen LogP contribution in [0.2, 0.25) is 0 Å². The number of ether oxygens (including phenoxy) is 2. The number of aliphatic hydroxyl groups is 1. The Kier molecular flexibility index (Phi) is 5.20. The minimum absolute atomic E-state index is 0.294. The van der Waals surface area contributed by atoms with Crippen molar-refractivity contribution >= 4 is 15.9 Å². The smallest absolute Gasteiger partial charge is 0.142 e. The molecule has 2 aromatic carbocycles. The van der Waals surface area contributed by atoms with Gasteiger partial charge in [-0.15, -0.1) is 0 Å². The van der Waals surface area contributed by atoms with E-state index in [0.29, 0.717) is 28.0 Å². The molecule has 0 amide bonds. The van der Waals surface area contributed by atoms with Gasteiger partial charge in [0, 0.05) is 12.0 Å². The van der Waals surface area contributed by atoms with Crippen LogP contribution in [-0.4, -0.2) is 19.3 Å². The quantitative estimate of drug-likeness (QED) is 0.885. The second kappa shape index (κ2) is 6.91. The van der Waals surface area contributed by atoms with E-state index in [2.05, 4.69) is 15.9 Å². The molecule has 112 valence electrons. The molecule has 2 aromatic rings. The van der Waals surface area contributed by atoms with Crippen molar-refractivity contribution < 1.29 is 19.0 Å². The van der Waals surface area contributed by atoms with Crippen LogP contribution in [0.25, 0.3) is 0 Å². The second-order valence-corrected chi connectivity index (χ2v) is 5.34. The van der Waals surface area contributed by atoms with E-state index in [1.54, 1.807) is 31.4 Å². The highest BCUT2D eigenvalue weighted by Crippen LogP contribution is 2.40. The fraction of sp³-hybridized carbons (Fsp3) is 0.250. The Morgan fingerprint density at radius 2 is 1.76 bits per heavy atom. The largest absolute Gasteiger partial charge is 0.495 e. The Bertz CT molecular complexity index is 614. The monoisotopic (exact) mass is 354 g/mol. The summed E-state index contributed by atoms with van der Waals surface area (Å²) in [6.07, 6.45) is -0.386. The molecule has 2 rings (SSSR count). The summed E-state index contributed by atoms with van der Waals surface area (Å²) < 4.78 is 24.1. The molecule has 0 aliphatic carbocycles. The molecule has 0 bridgehead atoms. The molecule has 0 aliphatic rings. The van der Waals surface area contributed by atoms with E-state index in [0.717, 1.165) is 5.56 Å². The minimum atomic E-state index is -0.757. The minimum Gasteiger partial charge on any atom is -0.495 e. The topological polar surface area (TPSA) is 38.7 Å². The maximum Gasteiger partial charge on any atom is 0.142 e. The summed E-state index contributed by atoms with van der Waals surface area (Å²) in [7, 11) is 3.10. The number of halogens is 2. The van der Waals surface area contributed by atoms with Gasteiger partial charge >= 0.3 is 0 Å². The van der Waals surface area contributed by atoms with E-state index >= 15 is 0 Å². The van der Waals surface area contributed by atoms with Gasteiger partial charge in [-0.1, -0.05) is 12.1 Å². The Morgan fingerprint density at radius 3 is 2.33 bits per heavy atom. The van der Waals surface area contributed by atoms with Gasteiger partial charge in [0.2, 0.25) is 0 Å². The summed E-state index contributed by atoms with van der Waals surface area (Å²) in [6.45, 7) is 0. The van der Waals surface area contributed by atoms with Crippen molar-refractivity contribution in [1.82, 2.24) is 0 Å². The van der Waals surface area contributed by atoms with E-state index in [4.69, 9.17) is 9.47 Å². The number of hydrogen-bond acceptors (Lipinski definition) is 3. The normalized spacial score (nSPS) is 12.0. The molecule has 3 nitrogen and oxygen atoms in total. The number of hydrogen-bond donors (Lipinski definition) is 1. The van der Waals surface area contributed by atoms with Crippen molar-refractivity contribution in [1.29, 1.82) is 0 Å². The molecule has 0 aromatic heterocycles. The first-order chi connectivity index (χ1) is 10.1. The van der Waals surface area contributed by atoms with Crippen molar-refractivity contribution in [2.75, 3.05) is 14.2 Å². The lowest BCUT2D eigenvalue weighted by atomic mass is 10.0. The highest BCUT2D eigenvalue weighted by atomic mass is 79.9. The third kappa shape index (κ3) is 3.54. The van der Waals surface area contributed by atoms with E-state index in [1.807, 2.05) is 0 Å². The van der Waals surface area contributed by atoms with Gasteiger partial charge in [-0.05, 0) is 45.8 Å². The van der Waals surface area contributed by atoms with Gasteiger partial charge in [0.1, 0.15) is 21.8 Å². The zero-order chi connectivity index (χ0) is 15.4. The molecule has 1 unspecified atom stereocenters. The lowest BCUT2D eigenvalue weighted by Gasteiger charge is -2.17. The molecule has 0 saturated heterocycles. The molecular weight excluding hydrogens is 339 g/mol. The first-order valence-corrected chi connectivity index (χ1v) is 7.19. The van der Waals surface area contributed by atoms with E-state index in [-0.39, 0.29) is 5.82 Å². The Balaban J connectivity index is 2.28. The van der Waals surface area contributed by atoms with Gasteiger partial charge < -0.3 is 14.6 Å². The van der Waals surface area contributed by atoms with Crippen LogP contribution in [-0.2, 0) is 6.42 Å². The number of rotatable bonds is 5. The van der Waals surface area contributed by atoms with Gasteiger partial charge in [0.15, 0.2) is 0 Å². The zero-order valence-corrected chi connectivity index (χ0v) is 13.4. The molecular formula is C16H16BrFO3. The van der Waals surface area contributed by atoms with Crippen LogP contribution in [0.3, 0.4) is 0 Å². The van der Waals surface area contributed by atoms with E-state index in [9.17, 15) is 9.50 Å². The van der Waals surface area contributed by atoms with Crippen molar-refractivity contribution in [3.8, 4) is 11.5 Å². The summed E-state index contributed by atoms with van der Waals surface area (Å²) in [5.74, 6) is 0.867. The molecule has 0 saturated carbocycles. The third-order valence-corrected chi connectivity index (χ3v) is 3.97. The van der Waals surface area contributed by atoms with Gasteiger partial charge in [-0.2, -0.15) is 0 Å². The van der Waals surface area contributed by atoms with Crippen LogP contribution in [0.1, 0.15) is 17.2 Å². The number of methoxy groups -OCH3 is 2. The summed E-state index contributed by atoms with van der Waals surface area (Å²) in [5.41, 5.74) is 1.49. The first-order valence-electron chi connectivity index (χ1n) is 6.39. The van der Waals surface area contributed by atoms with Gasteiger partial charge in [-0.3, -0.25) is 0 Å². The van der Waals surface area contributed by atoms with Gasteiger partial charge in [0.05, 0.1) is 20.3 Å². The molecule has 0 radical (unpaired) electrons.